The number of amides is 2. The molecule has 0 saturated heterocycles. The largest absolute Gasteiger partial charge is 0.383 e. The molecule has 0 spiro atoms. The Morgan fingerprint density at radius 2 is 2.00 bits per heavy atom. The minimum atomic E-state index is -1.68. The molecule has 4 N–H and O–H groups in total. The fourth-order valence-electron chi connectivity index (χ4n) is 1.22. The van der Waals surface area contributed by atoms with E-state index >= 15 is 0 Å². The number of aliphatic hydroxyl groups is 2. The predicted molar refractivity (Wildman–Crippen MR) is 60.0 cm³/mol. The first kappa shape index (κ1) is 15.8. The summed E-state index contributed by atoms with van der Waals surface area (Å²) in [6, 6.07) is -0.833. The molecule has 0 saturated carbocycles. The average Bonchev–Trinajstić information content (AvgIpc) is 2.23. The second kappa shape index (κ2) is 8.91. The topological polar surface area (TPSA) is 108 Å². The van der Waals surface area contributed by atoms with Crippen LogP contribution in [0.5, 0.6) is 0 Å². The van der Waals surface area contributed by atoms with Gasteiger partial charge in [0.2, 0.25) is 11.8 Å². The van der Waals surface area contributed by atoms with Gasteiger partial charge in [0.05, 0.1) is 12.6 Å². The third-order valence-electron chi connectivity index (χ3n) is 2.06. The van der Waals surface area contributed by atoms with E-state index in [-0.39, 0.29) is 24.7 Å². The van der Waals surface area contributed by atoms with Gasteiger partial charge in [0.15, 0.2) is 6.29 Å². The van der Waals surface area contributed by atoms with Crippen LogP contribution in [0, 0.1) is 0 Å². The number of rotatable bonds is 8. The molecule has 0 heterocycles. The molecular formula is C10H20N2O5. The van der Waals surface area contributed by atoms with Gasteiger partial charge in [-0.05, 0) is 6.42 Å². The van der Waals surface area contributed by atoms with Crippen LogP contribution in [-0.4, -0.2) is 54.6 Å². The summed E-state index contributed by atoms with van der Waals surface area (Å²) in [4.78, 5) is 22.1. The van der Waals surface area contributed by atoms with E-state index in [2.05, 4.69) is 10.6 Å². The molecule has 0 aliphatic rings. The lowest BCUT2D eigenvalue weighted by atomic mass is 10.1. The first-order chi connectivity index (χ1) is 7.97. The third-order valence-corrected chi connectivity index (χ3v) is 2.06. The van der Waals surface area contributed by atoms with Crippen LogP contribution >= 0.6 is 0 Å². The fourth-order valence-corrected chi connectivity index (χ4v) is 1.22. The van der Waals surface area contributed by atoms with E-state index in [9.17, 15) is 9.59 Å². The van der Waals surface area contributed by atoms with Crippen LogP contribution in [-0.2, 0) is 14.3 Å². The van der Waals surface area contributed by atoms with Gasteiger partial charge in [-0.25, -0.2) is 0 Å². The number of ether oxygens (including phenoxy) is 1. The number of hydrogen-bond donors (Lipinski definition) is 4. The number of hydrogen-bond acceptors (Lipinski definition) is 5. The molecule has 0 aromatic carbocycles. The number of carbonyl (C=O) groups excluding carboxylic acids is 2. The van der Waals surface area contributed by atoms with E-state index in [0.29, 0.717) is 13.2 Å². The molecule has 0 aromatic heterocycles. The van der Waals surface area contributed by atoms with E-state index in [0.717, 1.165) is 0 Å². The minimum absolute atomic E-state index is 0.103. The van der Waals surface area contributed by atoms with E-state index in [4.69, 9.17) is 14.9 Å². The summed E-state index contributed by atoms with van der Waals surface area (Å²) >= 11 is 0. The zero-order valence-electron chi connectivity index (χ0n) is 10.1. The molecule has 0 aliphatic heterocycles. The quantitative estimate of drug-likeness (QED) is 0.304. The summed E-state index contributed by atoms with van der Waals surface area (Å²) in [5.41, 5.74) is 0. The average molecular weight is 248 g/mol. The van der Waals surface area contributed by atoms with Gasteiger partial charge in [0.1, 0.15) is 0 Å². The fraction of sp³-hybridized carbons (Fsp3) is 0.800. The van der Waals surface area contributed by atoms with Crippen LogP contribution < -0.4 is 10.6 Å². The molecular weight excluding hydrogens is 228 g/mol. The van der Waals surface area contributed by atoms with Crippen LogP contribution in [0.4, 0.5) is 0 Å². The molecule has 7 heteroatoms. The highest BCUT2D eigenvalue weighted by Gasteiger charge is 2.18. The van der Waals surface area contributed by atoms with Gasteiger partial charge >= 0.3 is 0 Å². The lowest BCUT2D eigenvalue weighted by molar-refractivity contribution is -0.127. The SMILES string of the molecule is COCCNC(=O)CCC(NC(C)=O)C(O)O. The number of nitrogens with one attached hydrogen (secondary N) is 2. The highest BCUT2D eigenvalue weighted by molar-refractivity contribution is 5.76. The van der Waals surface area contributed by atoms with Crippen molar-refractivity contribution in [3.8, 4) is 0 Å². The van der Waals surface area contributed by atoms with Crippen molar-refractivity contribution in [2.75, 3.05) is 20.3 Å². The Morgan fingerprint density at radius 1 is 1.35 bits per heavy atom. The van der Waals surface area contributed by atoms with Gasteiger partial charge in [-0.15, -0.1) is 0 Å². The Kier molecular flexibility index (Phi) is 8.29. The summed E-state index contributed by atoms with van der Waals surface area (Å²) in [5.74, 6) is -0.596. The second-order valence-electron chi connectivity index (χ2n) is 3.60. The Bertz CT molecular complexity index is 245. The summed E-state index contributed by atoms with van der Waals surface area (Å²) < 4.78 is 4.76. The molecule has 1 atom stereocenters. The molecule has 0 bridgehead atoms. The molecule has 1 unspecified atom stereocenters. The van der Waals surface area contributed by atoms with Gasteiger partial charge in [-0.3, -0.25) is 9.59 Å². The van der Waals surface area contributed by atoms with Crippen molar-refractivity contribution in [3.63, 3.8) is 0 Å². The Labute approximate surface area is 100 Å². The zero-order chi connectivity index (χ0) is 13.3. The van der Waals surface area contributed by atoms with Crippen molar-refractivity contribution in [1.29, 1.82) is 0 Å². The van der Waals surface area contributed by atoms with Crippen molar-refractivity contribution in [2.45, 2.75) is 32.1 Å². The van der Waals surface area contributed by atoms with E-state index in [1.54, 1.807) is 0 Å². The van der Waals surface area contributed by atoms with Gasteiger partial charge in [-0.1, -0.05) is 0 Å². The van der Waals surface area contributed by atoms with Crippen LogP contribution in [0.3, 0.4) is 0 Å². The summed E-state index contributed by atoms with van der Waals surface area (Å²) in [5, 5.41) is 22.9. The summed E-state index contributed by atoms with van der Waals surface area (Å²) in [6.45, 7) is 2.10. The Morgan fingerprint density at radius 3 is 2.47 bits per heavy atom. The van der Waals surface area contributed by atoms with E-state index < -0.39 is 12.3 Å². The van der Waals surface area contributed by atoms with Crippen LogP contribution in [0.25, 0.3) is 0 Å². The molecule has 100 valence electrons. The summed E-state index contributed by atoms with van der Waals surface area (Å²) in [6.07, 6.45) is -1.41. The van der Waals surface area contributed by atoms with Crippen LogP contribution in [0.2, 0.25) is 0 Å². The van der Waals surface area contributed by atoms with Crippen LogP contribution in [0.1, 0.15) is 19.8 Å². The van der Waals surface area contributed by atoms with Gasteiger partial charge in [0, 0.05) is 27.0 Å². The number of methoxy groups -OCH3 is 1. The van der Waals surface area contributed by atoms with Gasteiger partial charge in [0.25, 0.3) is 0 Å². The first-order valence-corrected chi connectivity index (χ1v) is 5.36. The first-order valence-electron chi connectivity index (χ1n) is 5.36. The second-order valence-corrected chi connectivity index (χ2v) is 3.60. The smallest absolute Gasteiger partial charge is 0.220 e. The molecule has 0 aliphatic carbocycles. The molecule has 0 fully saturated rings. The maximum Gasteiger partial charge on any atom is 0.220 e. The molecule has 2 amide bonds. The zero-order valence-corrected chi connectivity index (χ0v) is 10.1. The van der Waals surface area contributed by atoms with Crippen molar-refractivity contribution in [3.05, 3.63) is 0 Å². The molecule has 17 heavy (non-hydrogen) atoms. The highest BCUT2D eigenvalue weighted by atomic mass is 16.5. The number of aliphatic hydroxyl groups excluding tert-OH is 1. The normalized spacial score (nSPS) is 12.3. The predicted octanol–water partition coefficient (Wildman–Crippen LogP) is -1.66. The lowest BCUT2D eigenvalue weighted by Crippen LogP contribution is -2.43. The Hall–Kier alpha value is -1.18. The maximum absolute atomic E-state index is 11.3. The van der Waals surface area contributed by atoms with E-state index in [1.165, 1.54) is 14.0 Å². The molecule has 7 nitrogen and oxygen atoms in total. The van der Waals surface area contributed by atoms with Gasteiger partial charge < -0.3 is 25.6 Å². The lowest BCUT2D eigenvalue weighted by Gasteiger charge is -2.19. The van der Waals surface area contributed by atoms with Crippen molar-refractivity contribution in [2.24, 2.45) is 0 Å². The van der Waals surface area contributed by atoms with Crippen molar-refractivity contribution < 1.29 is 24.5 Å². The minimum Gasteiger partial charge on any atom is -0.383 e. The Balaban J connectivity index is 3.87. The summed E-state index contributed by atoms with van der Waals surface area (Å²) in [7, 11) is 1.53. The van der Waals surface area contributed by atoms with Crippen molar-refractivity contribution in [1.82, 2.24) is 10.6 Å². The highest BCUT2D eigenvalue weighted by Crippen LogP contribution is 2.01. The standard InChI is InChI=1S/C10H20N2O5/c1-7(13)12-8(10(15)16)3-4-9(14)11-5-6-17-2/h8,10,15-16H,3-6H2,1-2H3,(H,11,14)(H,12,13). The molecule has 0 aromatic rings. The van der Waals surface area contributed by atoms with Crippen molar-refractivity contribution >= 4 is 11.8 Å². The monoisotopic (exact) mass is 248 g/mol. The van der Waals surface area contributed by atoms with E-state index in [1.807, 2.05) is 0 Å². The van der Waals surface area contributed by atoms with Gasteiger partial charge in [-0.2, -0.15) is 0 Å². The number of carbonyl (C=O) groups is 2. The third kappa shape index (κ3) is 8.61. The van der Waals surface area contributed by atoms with Crippen LogP contribution in [0.15, 0.2) is 0 Å². The maximum atomic E-state index is 11.3. The molecule has 0 radical (unpaired) electrons. The molecule has 0 rings (SSSR count).